The molecule has 0 N–H and O–H groups in total. The molecular weight excluding hydrogens is 164 g/mol. The van der Waals surface area contributed by atoms with Gasteiger partial charge in [-0.1, -0.05) is 13.8 Å². The topological polar surface area (TPSA) is 34.9 Å². The molecule has 0 aliphatic carbocycles. The van der Waals surface area contributed by atoms with Crippen LogP contribution >= 0.6 is 0 Å². The second kappa shape index (κ2) is 4.21. The van der Waals surface area contributed by atoms with E-state index in [0.717, 1.165) is 12.1 Å². The van der Waals surface area contributed by atoms with E-state index in [1.54, 1.807) is 6.20 Å². The molecule has 3 nitrogen and oxygen atoms in total. The monoisotopic (exact) mass is 180 g/mol. The molecule has 0 spiro atoms. The van der Waals surface area contributed by atoms with Gasteiger partial charge in [-0.15, -0.1) is 0 Å². The van der Waals surface area contributed by atoms with E-state index in [2.05, 4.69) is 5.10 Å². The summed E-state index contributed by atoms with van der Waals surface area (Å²) >= 11 is 0. The zero-order chi connectivity index (χ0) is 9.84. The molecule has 13 heavy (non-hydrogen) atoms. The number of hydrogen-bond acceptors (Lipinski definition) is 2. The summed E-state index contributed by atoms with van der Waals surface area (Å²) in [6, 6.07) is 1.95. The van der Waals surface area contributed by atoms with E-state index in [4.69, 9.17) is 0 Å². The Morgan fingerprint density at radius 3 is 2.77 bits per heavy atom. The highest BCUT2D eigenvalue weighted by Crippen LogP contribution is 2.05. The SMILES string of the molecule is CC(C)C(=O)CCc1ccnn1C. The van der Waals surface area contributed by atoms with Crippen molar-refractivity contribution in [1.29, 1.82) is 0 Å². The zero-order valence-corrected chi connectivity index (χ0v) is 8.45. The van der Waals surface area contributed by atoms with Crippen LogP contribution in [0.15, 0.2) is 12.3 Å². The minimum Gasteiger partial charge on any atom is -0.299 e. The van der Waals surface area contributed by atoms with Crippen LogP contribution in [0.5, 0.6) is 0 Å². The smallest absolute Gasteiger partial charge is 0.135 e. The van der Waals surface area contributed by atoms with Crippen molar-refractivity contribution < 1.29 is 4.79 Å². The van der Waals surface area contributed by atoms with Crippen LogP contribution in [0.1, 0.15) is 26.0 Å². The van der Waals surface area contributed by atoms with Crippen LogP contribution in [0.3, 0.4) is 0 Å². The number of carbonyl (C=O) groups excluding carboxylic acids is 1. The molecule has 0 aliphatic heterocycles. The molecule has 0 aromatic carbocycles. The molecule has 1 heterocycles. The summed E-state index contributed by atoms with van der Waals surface area (Å²) < 4.78 is 1.81. The minimum atomic E-state index is 0.147. The molecule has 0 radical (unpaired) electrons. The number of carbonyl (C=O) groups is 1. The molecular formula is C10H16N2O. The molecule has 0 unspecified atom stereocenters. The quantitative estimate of drug-likeness (QED) is 0.705. The average molecular weight is 180 g/mol. The second-order valence-corrected chi connectivity index (χ2v) is 3.57. The zero-order valence-electron chi connectivity index (χ0n) is 8.45. The highest BCUT2D eigenvalue weighted by atomic mass is 16.1. The van der Waals surface area contributed by atoms with Crippen molar-refractivity contribution in [2.45, 2.75) is 26.7 Å². The van der Waals surface area contributed by atoms with Crippen molar-refractivity contribution in [3.05, 3.63) is 18.0 Å². The molecule has 3 heteroatoms. The van der Waals surface area contributed by atoms with Gasteiger partial charge in [-0.25, -0.2) is 0 Å². The first-order valence-corrected chi connectivity index (χ1v) is 4.61. The number of Topliss-reactive ketones (excluding diaryl/α,β-unsaturated/α-hetero) is 1. The summed E-state index contributed by atoms with van der Waals surface area (Å²) in [5.41, 5.74) is 1.12. The highest BCUT2D eigenvalue weighted by molar-refractivity contribution is 5.80. The first-order chi connectivity index (χ1) is 6.11. The third kappa shape index (κ3) is 2.68. The Labute approximate surface area is 78.8 Å². The first kappa shape index (κ1) is 9.96. The van der Waals surface area contributed by atoms with Gasteiger partial charge in [0.05, 0.1) is 0 Å². The van der Waals surface area contributed by atoms with Crippen LogP contribution in [0.4, 0.5) is 0 Å². The molecule has 0 atom stereocenters. The molecule has 1 aromatic rings. The van der Waals surface area contributed by atoms with E-state index in [0.29, 0.717) is 12.2 Å². The van der Waals surface area contributed by atoms with Crippen molar-refractivity contribution in [1.82, 2.24) is 9.78 Å². The predicted octanol–water partition coefficient (Wildman–Crippen LogP) is 1.58. The van der Waals surface area contributed by atoms with Gasteiger partial charge < -0.3 is 0 Å². The lowest BCUT2D eigenvalue weighted by atomic mass is 10.0. The largest absolute Gasteiger partial charge is 0.299 e. The lowest BCUT2D eigenvalue weighted by molar-refractivity contribution is -0.121. The molecule has 0 fully saturated rings. The Morgan fingerprint density at radius 2 is 2.31 bits per heavy atom. The summed E-state index contributed by atoms with van der Waals surface area (Å²) in [6.45, 7) is 3.87. The van der Waals surface area contributed by atoms with E-state index in [1.807, 2.05) is 31.6 Å². The Morgan fingerprint density at radius 1 is 1.62 bits per heavy atom. The number of aryl methyl sites for hydroxylation is 2. The number of nitrogens with zero attached hydrogens (tertiary/aromatic N) is 2. The Hall–Kier alpha value is -1.12. The Balaban J connectivity index is 2.44. The summed E-state index contributed by atoms with van der Waals surface area (Å²) in [5, 5.41) is 4.04. The van der Waals surface area contributed by atoms with Crippen LogP contribution in [0.25, 0.3) is 0 Å². The lowest BCUT2D eigenvalue weighted by Gasteiger charge is -2.03. The van der Waals surface area contributed by atoms with Crippen LogP contribution < -0.4 is 0 Å². The van der Waals surface area contributed by atoms with Gasteiger partial charge in [-0.05, 0) is 12.5 Å². The Bertz CT molecular complexity index is 289. The number of hydrogen-bond donors (Lipinski definition) is 0. The molecule has 0 bridgehead atoms. The van der Waals surface area contributed by atoms with Gasteiger partial charge in [-0.3, -0.25) is 9.48 Å². The summed E-state index contributed by atoms with van der Waals surface area (Å²) in [5.74, 6) is 0.467. The van der Waals surface area contributed by atoms with Crippen molar-refractivity contribution >= 4 is 5.78 Å². The second-order valence-electron chi connectivity index (χ2n) is 3.57. The van der Waals surface area contributed by atoms with Crippen LogP contribution in [-0.2, 0) is 18.3 Å². The summed E-state index contributed by atoms with van der Waals surface area (Å²) in [4.78, 5) is 11.3. The van der Waals surface area contributed by atoms with E-state index in [-0.39, 0.29) is 5.92 Å². The van der Waals surface area contributed by atoms with Gasteiger partial charge in [0.1, 0.15) is 5.78 Å². The fourth-order valence-corrected chi connectivity index (χ4v) is 1.19. The first-order valence-electron chi connectivity index (χ1n) is 4.61. The maximum atomic E-state index is 11.3. The van der Waals surface area contributed by atoms with Gasteiger partial charge in [0.25, 0.3) is 0 Å². The van der Waals surface area contributed by atoms with E-state index in [9.17, 15) is 4.79 Å². The lowest BCUT2D eigenvalue weighted by Crippen LogP contribution is -2.09. The molecule has 0 aliphatic rings. The molecule has 0 saturated heterocycles. The normalized spacial score (nSPS) is 10.8. The standard InChI is InChI=1S/C10H16N2O/c1-8(2)10(13)5-4-9-6-7-11-12(9)3/h6-8H,4-5H2,1-3H3. The molecule has 0 saturated carbocycles. The van der Waals surface area contributed by atoms with Gasteiger partial charge in [0.15, 0.2) is 0 Å². The summed E-state index contributed by atoms with van der Waals surface area (Å²) in [7, 11) is 1.90. The van der Waals surface area contributed by atoms with Crippen LogP contribution in [0.2, 0.25) is 0 Å². The highest BCUT2D eigenvalue weighted by Gasteiger charge is 2.08. The maximum Gasteiger partial charge on any atom is 0.135 e. The van der Waals surface area contributed by atoms with Crippen LogP contribution in [-0.4, -0.2) is 15.6 Å². The van der Waals surface area contributed by atoms with Gasteiger partial charge in [-0.2, -0.15) is 5.10 Å². The molecule has 1 rings (SSSR count). The fraction of sp³-hybridized carbons (Fsp3) is 0.600. The number of ketones is 1. The van der Waals surface area contributed by atoms with E-state index in [1.165, 1.54) is 0 Å². The Kier molecular flexibility index (Phi) is 3.23. The van der Waals surface area contributed by atoms with Crippen molar-refractivity contribution in [2.24, 2.45) is 13.0 Å². The van der Waals surface area contributed by atoms with Crippen molar-refractivity contribution in [3.8, 4) is 0 Å². The molecule has 0 amide bonds. The van der Waals surface area contributed by atoms with Crippen LogP contribution in [0, 0.1) is 5.92 Å². The van der Waals surface area contributed by atoms with E-state index < -0.39 is 0 Å². The average Bonchev–Trinajstić information content (AvgIpc) is 2.47. The molecule has 72 valence electrons. The third-order valence-electron chi connectivity index (χ3n) is 2.19. The van der Waals surface area contributed by atoms with Crippen molar-refractivity contribution in [3.63, 3.8) is 0 Å². The fourth-order valence-electron chi connectivity index (χ4n) is 1.19. The van der Waals surface area contributed by atoms with Gasteiger partial charge in [0, 0.05) is 31.3 Å². The van der Waals surface area contributed by atoms with Gasteiger partial charge >= 0.3 is 0 Å². The maximum absolute atomic E-state index is 11.3. The summed E-state index contributed by atoms with van der Waals surface area (Å²) in [6.07, 6.45) is 3.18. The predicted molar refractivity (Wildman–Crippen MR) is 51.4 cm³/mol. The number of rotatable bonds is 4. The number of aromatic nitrogens is 2. The third-order valence-corrected chi connectivity index (χ3v) is 2.19. The minimum absolute atomic E-state index is 0.147. The molecule has 1 aromatic heterocycles. The van der Waals surface area contributed by atoms with Gasteiger partial charge in [0.2, 0.25) is 0 Å². The van der Waals surface area contributed by atoms with E-state index >= 15 is 0 Å². The van der Waals surface area contributed by atoms with Crippen molar-refractivity contribution in [2.75, 3.05) is 0 Å².